The van der Waals surface area contributed by atoms with E-state index in [1.54, 1.807) is 13.0 Å². The van der Waals surface area contributed by atoms with Gasteiger partial charge in [-0.25, -0.2) is 10.8 Å². The maximum absolute atomic E-state index is 5.60. The maximum atomic E-state index is 5.60. The van der Waals surface area contributed by atoms with Crippen molar-refractivity contribution in [2.45, 2.75) is 32.3 Å². The van der Waals surface area contributed by atoms with Crippen LogP contribution in [-0.4, -0.2) is 29.3 Å². The summed E-state index contributed by atoms with van der Waals surface area (Å²) in [6.45, 7) is 3.15. The van der Waals surface area contributed by atoms with Crippen LogP contribution >= 0.6 is 0 Å². The number of hydrogen-bond donors (Lipinski definition) is 2. The van der Waals surface area contributed by atoms with Crippen LogP contribution < -0.4 is 16.0 Å². The summed E-state index contributed by atoms with van der Waals surface area (Å²) in [5, 5.41) is 0. The summed E-state index contributed by atoms with van der Waals surface area (Å²) < 4.78 is 11.2. The first kappa shape index (κ1) is 12.1. The number of hydrogen-bond acceptors (Lipinski definition) is 6. The lowest BCUT2D eigenvalue weighted by molar-refractivity contribution is -0.0119. The predicted molar refractivity (Wildman–Crippen MR) is 63.7 cm³/mol. The molecule has 0 saturated carbocycles. The van der Waals surface area contributed by atoms with E-state index in [1.165, 1.54) is 6.42 Å². The summed E-state index contributed by atoms with van der Waals surface area (Å²) in [5.74, 6) is 7.01. The van der Waals surface area contributed by atoms with Crippen LogP contribution in [0.2, 0.25) is 0 Å². The highest BCUT2D eigenvalue weighted by molar-refractivity contribution is 5.36. The third-order valence-corrected chi connectivity index (χ3v) is 2.65. The average Bonchev–Trinajstić information content (AvgIpc) is 2.37. The molecule has 1 aromatic heterocycles. The van der Waals surface area contributed by atoms with Gasteiger partial charge in [0.25, 0.3) is 0 Å². The van der Waals surface area contributed by atoms with Gasteiger partial charge in [-0.3, -0.25) is 0 Å². The highest BCUT2D eigenvalue weighted by Crippen LogP contribution is 2.16. The number of nitrogens with one attached hydrogen (secondary N) is 1. The zero-order chi connectivity index (χ0) is 12.1. The molecule has 1 aliphatic rings. The molecule has 94 valence electrons. The lowest BCUT2D eigenvalue weighted by Gasteiger charge is -2.22. The molecule has 1 aliphatic heterocycles. The molecule has 0 amide bonds. The quantitative estimate of drug-likeness (QED) is 0.602. The Morgan fingerprint density at radius 1 is 1.53 bits per heavy atom. The van der Waals surface area contributed by atoms with Crippen LogP contribution in [0.25, 0.3) is 0 Å². The van der Waals surface area contributed by atoms with Crippen LogP contribution in [0.1, 0.15) is 25.1 Å². The van der Waals surface area contributed by atoms with E-state index in [0.29, 0.717) is 24.1 Å². The SMILES string of the molecule is Cc1nc(NN)cc(OCC2CCCCO2)n1. The van der Waals surface area contributed by atoms with Crippen molar-refractivity contribution in [3.63, 3.8) is 0 Å². The van der Waals surface area contributed by atoms with Gasteiger partial charge < -0.3 is 14.9 Å². The number of nitrogens with two attached hydrogens (primary N) is 1. The number of hydrazine groups is 1. The third kappa shape index (κ3) is 3.54. The maximum Gasteiger partial charge on any atom is 0.218 e. The number of ether oxygens (including phenoxy) is 2. The second kappa shape index (κ2) is 5.79. The Morgan fingerprint density at radius 2 is 2.41 bits per heavy atom. The van der Waals surface area contributed by atoms with E-state index in [-0.39, 0.29) is 6.10 Å². The number of aryl methyl sites for hydroxylation is 1. The summed E-state index contributed by atoms with van der Waals surface area (Å²) in [7, 11) is 0. The van der Waals surface area contributed by atoms with Crippen LogP contribution in [0, 0.1) is 6.92 Å². The highest BCUT2D eigenvalue weighted by Gasteiger charge is 2.15. The van der Waals surface area contributed by atoms with Gasteiger partial charge in [0.05, 0.1) is 6.10 Å². The zero-order valence-electron chi connectivity index (χ0n) is 9.98. The standard InChI is InChI=1S/C11H18N4O2/c1-8-13-10(15-12)6-11(14-8)17-7-9-4-2-3-5-16-9/h6,9H,2-5,7,12H2,1H3,(H,13,14,15). The molecule has 1 fully saturated rings. The van der Waals surface area contributed by atoms with E-state index >= 15 is 0 Å². The van der Waals surface area contributed by atoms with Crippen molar-refractivity contribution in [3.05, 3.63) is 11.9 Å². The van der Waals surface area contributed by atoms with Gasteiger partial charge in [-0.2, -0.15) is 4.98 Å². The van der Waals surface area contributed by atoms with E-state index in [2.05, 4.69) is 15.4 Å². The number of rotatable bonds is 4. The monoisotopic (exact) mass is 238 g/mol. The number of nitrogen functional groups attached to an aromatic ring is 1. The third-order valence-electron chi connectivity index (χ3n) is 2.65. The molecule has 2 heterocycles. The van der Waals surface area contributed by atoms with Crippen LogP contribution in [0.4, 0.5) is 5.82 Å². The van der Waals surface area contributed by atoms with Gasteiger partial charge in [-0.05, 0) is 26.2 Å². The van der Waals surface area contributed by atoms with E-state index in [9.17, 15) is 0 Å². The van der Waals surface area contributed by atoms with Crippen LogP contribution in [0.5, 0.6) is 5.88 Å². The highest BCUT2D eigenvalue weighted by atomic mass is 16.5. The normalized spacial score (nSPS) is 20.0. The van der Waals surface area contributed by atoms with Crippen molar-refractivity contribution in [3.8, 4) is 5.88 Å². The van der Waals surface area contributed by atoms with Crippen LogP contribution in [0.3, 0.4) is 0 Å². The average molecular weight is 238 g/mol. The first-order valence-electron chi connectivity index (χ1n) is 5.84. The molecule has 3 N–H and O–H groups in total. The topological polar surface area (TPSA) is 82.3 Å². The predicted octanol–water partition coefficient (Wildman–Crippen LogP) is 1.02. The Hall–Kier alpha value is -1.40. The molecule has 2 rings (SSSR count). The van der Waals surface area contributed by atoms with Crippen molar-refractivity contribution in [1.82, 2.24) is 9.97 Å². The van der Waals surface area contributed by atoms with E-state index < -0.39 is 0 Å². The van der Waals surface area contributed by atoms with E-state index in [0.717, 1.165) is 19.4 Å². The van der Waals surface area contributed by atoms with Gasteiger partial charge in [-0.1, -0.05) is 0 Å². The number of aromatic nitrogens is 2. The van der Waals surface area contributed by atoms with Gasteiger partial charge >= 0.3 is 0 Å². The summed E-state index contributed by atoms with van der Waals surface area (Å²) in [4.78, 5) is 8.27. The molecule has 0 aliphatic carbocycles. The Bertz CT molecular complexity index is 366. The molecule has 17 heavy (non-hydrogen) atoms. The summed E-state index contributed by atoms with van der Waals surface area (Å²) >= 11 is 0. The van der Waals surface area contributed by atoms with Crippen molar-refractivity contribution >= 4 is 5.82 Å². The number of nitrogens with zero attached hydrogens (tertiary/aromatic N) is 2. The molecule has 6 nitrogen and oxygen atoms in total. The molecule has 1 aromatic rings. The van der Waals surface area contributed by atoms with Gasteiger partial charge in [0, 0.05) is 12.7 Å². The van der Waals surface area contributed by atoms with Crippen molar-refractivity contribution in [2.75, 3.05) is 18.6 Å². The first-order chi connectivity index (χ1) is 8.28. The number of anilines is 1. The molecule has 6 heteroatoms. The Kier molecular flexibility index (Phi) is 4.11. The van der Waals surface area contributed by atoms with Crippen LogP contribution in [0.15, 0.2) is 6.07 Å². The second-order valence-corrected chi connectivity index (χ2v) is 4.08. The second-order valence-electron chi connectivity index (χ2n) is 4.08. The minimum atomic E-state index is 0.174. The molecular formula is C11H18N4O2. The molecule has 0 aromatic carbocycles. The summed E-state index contributed by atoms with van der Waals surface area (Å²) in [5.41, 5.74) is 2.48. The van der Waals surface area contributed by atoms with Crippen LogP contribution in [-0.2, 0) is 4.74 Å². The van der Waals surface area contributed by atoms with Gasteiger partial charge in [0.2, 0.25) is 5.88 Å². The lowest BCUT2D eigenvalue weighted by atomic mass is 10.1. The zero-order valence-corrected chi connectivity index (χ0v) is 9.98. The summed E-state index contributed by atoms with van der Waals surface area (Å²) in [6, 6.07) is 1.68. The minimum Gasteiger partial charge on any atom is -0.475 e. The molecule has 1 saturated heterocycles. The van der Waals surface area contributed by atoms with Gasteiger partial charge in [-0.15, -0.1) is 0 Å². The van der Waals surface area contributed by atoms with Gasteiger partial charge in [0.1, 0.15) is 18.2 Å². The Balaban J connectivity index is 1.91. The molecule has 0 spiro atoms. The fourth-order valence-corrected chi connectivity index (χ4v) is 1.81. The van der Waals surface area contributed by atoms with E-state index in [1.807, 2.05) is 0 Å². The van der Waals surface area contributed by atoms with Gasteiger partial charge in [0.15, 0.2) is 0 Å². The Labute approximate surface area is 101 Å². The van der Waals surface area contributed by atoms with Crippen molar-refractivity contribution < 1.29 is 9.47 Å². The molecule has 1 unspecified atom stereocenters. The van der Waals surface area contributed by atoms with Crippen molar-refractivity contribution in [2.24, 2.45) is 5.84 Å². The molecule has 1 atom stereocenters. The van der Waals surface area contributed by atoms with Crippen molar-refractivity contribution in [1.29, 1.82) is 0 Å². The molecule has 0 bridgehead atoms. The smallest absolute Gasteiger partial charge is 0.218 e. The largest absolute Gasteiger partial charge is 0.475 e. The molecular weight excluding hydrogens is 220 g/mol. The lowest BCUT2D eigenvalue weighted by Crippen LogP contribution is -2.26. The summed E-state index contributed by atoms with van der Waals surface area (Å²) in [6.07, 6.45) is 3.57. The fraction of sp³-hybridized carbons (Fsp3) is 0.636. The Morgan fingerprint density at radius 3 is 3.12 bits per heavy atom. The first-order valence-corrected chi connectivity index (χ1v) is 5.84. The van der Waals surface area contributed by atoms with E-state index in [4.69, 9.17) is 15.3 Å². The fourth-order valence-electron chi connectivity index (χ4n) is 1.81. The molecule has 0 radical (unpaired) electrons. The minimum absolute atomic E-state index is 0.174.